The zero-order chi connectivity index (χ0) is 28.5. The highest BCUT2D eigenvalue weighted by Crippen LogP contribution is 2.49. The number of pyridine rings is 1. The second kappa shape index (κ2) is 10.7. The molecule has 202 valence electrons. The Hall–Kier alpha value is -3.93. The van der Waals surface area contributed by atoms with E-state index in [2.05, 4.69) is 34.9 Å². The average Bonchev–Trinajstić information content (AvgIpc) is 3.69. The number of carbonyl (C=O) groups is 1. The molecule has 0 aliphatic heterocycles. The lowest BCUT2D eigenvalue weighted by molar-refractivity contribution is -0.124. The van der Waals surface area contributed by atoms with E-state index in [9.17, 15) is 19.2 Å². The number of aromatic nitrogens is 3. The first-order chi connectivity index (χ1) is 18.4. The Morgan fingerprint density at radius 1 is 1.23 bits per heavy atom. The van der Waals surface area contributed by atoms with Crippen LogP contribution in [0.4, 0.5) is 4.39 Å². The fourth-order valence-corrected chi connectivity index (χ4v) is 5.53. The van der Waals surface area contributed by atoms with E-state index in [4.69, 9.17) is 10.00 Å². The Kier molecular flexibility index (Phi) is 7.69. The number of benzene rings is 1. The van der Waals surface area contributed by atoms with Gasteiger partial charge in [0.1, 0.15) is 30.5 Å². The molecule has 1 fully saturated rings. The molecule has 1 aromatic carbocycles. The van der Waals surface area contributed by atoms with Gasteiger partial charge in [0.15, 0.2) is 0 Å². The third-order valence-electron chi connectivity index (χ3n) is 7.16. The van der Waals surface area contributed by atoms with E-state index in [0.29, 0.717) is 47.3 Å². The van der Waals surface area contributed by atoms with Crippen LogP contribution in [0.15, 0.2) is 29.3 Å². The summed E-state index contributed by atoms with van der Waals surface area (Å²) in [6.07, 6.45) is 3.61. The molecule has 1 amide bonds. The summed E-state index contributed by atoms with van der Waals surface area (Å²) in [4.78, 5) is 35.9. The molecule has 1 saturated carbocycles. The minimum Gasteiger partial charge on any atom is -0.361 e. The highest BCUT2D eigenvalue weighted by molar-refractivity contribution is 6.76. The van der Waals surface area contributed by atoms with E-state index in [1.165, 1.54) is 29.1 Å². The number of ether oxygens (including phenoxy) is 1. The topological polar surface area (TPSA) is 134 Å². The van der Waals surface area contributed by atoms with Gasteiger partial charge in [0.25, 0.3) is 5.56 Å². The van der Waals surface area contributed by atoms with E-state index in [-0.39, 0.29) is 23.8 Å². The molecule has 0 radical (unpaired) electrons. The van der Waals surface area contributed by atoms with Crippen LogP contribution >= 0.6 is 0 Å². The van der Waals surface area contributed by atoms with Gasteiger partial charge in [0.05, 0.1) is 28.1 Å². The smallest absolute Gasteiger partial charge is 0.257 e. The molecule has 39 heavy (non-hydrogen) atoms. The first-order valence-electron chi connectivity index (χ1n) is 12.8. The van der Waals surface area contributed by atoms with Gasteiger partial charge in [-0.2, -0.15) is 10.5 Å². The molecule has 0 saturated heterocycles. The number of nitrogens with zero attached hydrogens (tertiary/aromatic N) is 5. The number of halogens is 1. The van der Waals surface area contributed by atoms with Crippen molar-refractivity contribution in [1.29, 1.82) is 10.5 Å². The van der Waals surface area contributed by atoms with Crippen molar-refractivity contribution in [3.05, 3.63) is 68.8 Å². The van der Waals surface area contributed by atoms with Crippen LogP contribution in [-0.2, 0) is 21.7 Å². The molecule has 0 spiro atoms. The maximum Gasteiger partial charge on any atom is 0.257 e. The lowest BCUT2D eigenvalue weighted by Crippen LogP contribution is -2.42. The molecule has 11 heteroatoms. The van der Waals surface area contributed by atoms with Crippen molar-refractivity contribution in [3.63, 3.8) is 0 Å². The van der Waals surface area contributed by atoms with Crippen LogP contribution in [0.2, 0.25) is 25.7 Å². The first-order valence-corrected chi connectivity index (χ1v) is 16.5. The first kappa shape index (κ1) is 28.1. The Morgan fingerprint density at radius 3 is 2.46 bits per heavy atom. The standard InChI is InChI=1S/C28H31FN6O3Si/c1-17-23-20(13-31)21(29)6-7-22(23)35(16-38-10-11-39(3,4)5)26(36)24(17)28(8-9-28)27(37)34-18(2)25-32-14-19(12-30)15-33-25/h6-7,14-15,18H,8-11,16H2,1-5H3,(H,34,37)/t18-/m1/s1. The zero-order valence-electron chi connectivity index (χ0n) is 22.8. The lowest BCUT2D eigenvalue weighted by atomic mass is 9.88. The molecule has 4 rings (SSSR count). The maximum absolute atomic E-state index is 14.7. The van der Waals surface area contributed by atoms with E-state index in [0.717, 1.165) is 6.04 Å². The van der Waals surface area contributed by atoms with Crippen molar-refractivity contribution in [3.8, 4) is 12.1 Å². The van der Waals surface area contributed by atoms with E-state index >= 15 is 0 Å². The van der Waals surface area contributed by atoms with Crippen LogP contribution in [0.5, 0.6) is 0 Å². The van der Waals surface area contributed by atoms with Gasteiger partial charge in [-0.1, -0.05) is 19.6 Å². The SMILES string of the molecule is Cc1c(C2(C(=O)N[C@H](C)c3ncc(C#N)cn3)CC2)c(=O)n(COCC[Si](C)(C)C)c2ccc(F)c(C#N)c12. The van der Waals surface area contributed by atoms with Gasteiger partial charge in [-0.3, -0.25) is 14.2 Å². The van der Waals surface area contributed by atoms with Crippen molar-refractivity contribution >= 4 is 24.9 Å². The largest absolute Gasteiger partial charge is 0.361 e. The summed E-state index contributed by atoms with van der Waals surface area (Å²) in [6.45, 7) is 10.5. The van der Waals surface area contributed by atoms with Crippen LogP contribution in [0, 0.1) is 35.4 Å². The number of carbonyl (C=O) groups excluding carboxylic acids is 1. The minimum atomic E-state index is -1.37. The van der Waals surface area contributed by atoms with Crippen molar-refractivity contribution in [2.24, 2.45) is 0 Å². The number of hydrogen-bond donors (Lipinski definition) is 1. The molecular formula is C28H31FN6O3Si. The van der Waals surface area contributed by atoms with E-state index in [1.807, 2.05) is 12.1 Å². The van der Waals surface area contributed by atoms with Gasteiger partial charge >= 0.3 is 0 Å². The molecule has 3 aromatic rings. The van der Waals surface area contributed by atoms with Crippen LogP contribution in [0.1, 0.15) is 53.9 Å². The second-order valence-electron chi connectivity index (χ2n) is 11.2. The van der Waals surface area contributed by atoms with Gasteiger partial charge in [-0.05, 0) is 50.4 Å². The molecule has 0 bridgehead atoms. The molecule has 1 N–H and O–H groups in total. The van der Waals surface area contributed by atoms with Gasteiger partial charge in [-0.25, -0.2) is 14.4 Å². The normalized spacial score (nSPS) is 14.9. The molecule has 0 unspecified atom stereocenters. The number of amides is 1. The quantitative estimate of drug-likeness (QED) is 0.314. The van der Waals surface area contributed by atoms with E-state index in [1.54, 1.807) is 13.8 Å². The Morgan fingerprint density at radius 2 is 1.90 bits per heavy atom. The van der Waals surface area contributed by atoms with Crippen molar-refractivity contribution in [2.45, 2.75) is 70.6 Å². The van der Waals surface area contributed by atoms with Gasteiger partial charge in [0, 0.05) is 38.0 Å². The molecule has 1 aliphatic rings. The van der Waals surface area contributed by atoms with Crippen LogP contribution in [-0.4, -0.2) is 35.1 Å². The number of nitrogens with one attached hydrogen (secondary N) is 1. The van der Waals surface area contributed by atoms with E-state index < -0.39 is 30.9 Å². The van der Waals surface area contributed by atoms with Crippen molar-refractivity contribution < 1.29 is 13.9 Å². The molecule has 1 atom stereocenters. The summed E-state index contributed by atoms with van der Waals surface area (Å²) >= 11 is 0. The lowest BCUT2D eigenvalue weighted by Gasteiger charge is -2.24. The third-order valence-corrected chi connectivity index (χ3v) is 8.86. The summed E-state index contributed by atoms with van der Waals surface area (Å²) in [6, 6.07) is 6.87. The average molecular weight is 547 g/mol. The van der Waals surface area contributed by atoms with Crippen LogP contribution < -0.4 is 10.9 Å². The monoisotopic (exact) mass is 546 g/mol. The molecule has 1 aliphatic carbocycles. The second-order valence-corrected chi connectivity index (χ2v) is 16.8. The van der Waals surface area contributed by atoms with Gasteiger partial charge < -0.3 is 10.1 Å². The van der Waals surface area contributed by atoms with Crippen LogP contribution in [0.25, 0.3) is 10.9 Å². The van der Waals surface area contributed by atoms with Crippen LogP contribution in [0.3, 0.4) is 0 Å². The predicted octanol–water partition coefficient (Wildman–Crippen LogP) is 4.20. The number of hydrogen-bond acceptors (Lipinski definition) is 7. The zero-order valence-corrected chi connectivity index (χ0v) is 23.8. The Labute approximate surface area is 227 Å². The number of aryl methyl sites for hydroxylation is 1. The fraction of sp³-hybridized carbons (Fsp3) is 0.429. The highest BCUT2D eigenvalue weighted by Gasteiger charge is 2.54. The Bertz CT molecular complexity index is 1580. The highest BCUT2D eigenvalue weighted by atomic mass is 28.3. The predicted molar refractivity (Wildman–Crippen MR) is 146 cm³/mol. The summed E-state index contributed by atoms with van der Waals surface area (Å²) < 4.78 is 22.0. The summed E-state index contributed by atoms with van der Waals surface area (Å²) in [7, 11) is -1.37. The summed E-state index contributed by atoms with van der Waals surface area (Å²) in [5.41, 5.74) is -0.333. The number of fused-ring (bicyclic) bond motifs is 1. The van der Waals surface area contributed by atoms with Crippen molar-refractivity contribution in [2.75, 3.05) is 6.61 Å². The fourth-order valence-electron chi connectivity index (χ4n) is 4.77. The Balaban J connectivity index is 1.76. The summed E-state index contributed by atoms with van der Waals surface area (Å²) in [5, 5.41) is 22.0. The maximum atomic E-state index is 14.7. The number of nitriles is 2. The number of rotatable bonds is 9. The molecule has 2 aromatic heterocycles. The summed E-state index contributed by atoms with van der Waals surface area (Å²) in [5.74, 6) is -0.733. The van der Waals surface area contributed by atoms with Crippen molar-refractivity contribution in [1.82, 2.24) is 19.9 Å². The minimum absolute atomic E-state index is 0.0726. The third kappa shape index (κ3) is 5.46. The molecule has 9 nitrogen and oxygen atoms in total. The van der Waals surface area contributed by atoms with Gasteiger partial charge in [-0.15, -0.1) is 0 Å². The molecule has 2 heterocycles. The van der Waals surface area contributed by atoms with Gasteiger partial charge in [0.2, 0.25) is 5.91 Å². The molecular weight excluding hydrogens is 515 g/mol.